The first-order valence-electron chi connectivity index (χ1n) is 4.43. The molecule has 21 heavy (non-hydrogen) atoms. The summed E-state index contributed by atoms with van der Waals surface area (Å²) in [5.74, 6) is -22.9. The fraction of sp³-hybridized carbons (Fsp3) is 0.250. The van der Waals surface area contributed by atoms with Gasteiger partial charge in [0, 0.05) is 0 Å². The molecule has 0 amide bonds. The molecule has 1 aromatic rings. The second kappa shape index (κ2) is 4.68. The normalized spacial score (nSPS) is 13.7. The summed E-state index contributed by atoms with van der Waals surface area (Å²) in [5.41, 5.74) is -3.58. The maximum absolute atomic E-state index is 13.0. The van der Waals surface area contributed by atoms with E-state index in [4.69, 9.17) is 0 Å². The van der Waals surface area contributed by atoms with E-state index in [0.717, 1.165) is 0 Å². The van der Waals surface area contributed by atoms with E-state index < -0.39 is 51.8 Å². The van der Waals surface area contributed by atoms with Gasteiger partial charge in [0.05, 0.1) is 13.4 Å². The number of nitrogens with zero attached hydrogens (tertiary/aromatic N) is 1. The van der Waals surface area contributed by atoms with Crippen molar-refractivity contribution in [1.82, 2.24) is 0 Å². The maximum Gasteiger partial charge on any atom is 0.574 e. The number of alkyl halides is 4. The molecule has 0 spiro atoms. The molecule has 0 aliphatic rings. The first-order chi connectivity index (χ1) is 9.18. The van der Waals surface area contributed by atoms with Crippen LogP contribution < -0.4 is 0 Å². The van der Waals surface area contributed by atoms with Crippen LogP contribution in [-0.2, 0) is 5.92 Å². The summed E-state index contributed by atoms with van der Waals surface area (Å²) in [6.07, 6.45) is 0. The average Bonchev–Trinajstić information content (AvgIpc) is 2.32. The number of halogens is 12. The Hall–Kier alpha value is -1.66. The molecule has 0 N–H and O–H groups in total. The van der Waals surface area contributed by atoms with Crippen LogP contribution in [0.1, 0.15) is 5.56 Å². The van der Waals surface area contributed by atoms with Crippen LogP contribution in [0.15, 0.2) is 0 Å². The van der Waals surface area contributed by atoms with Crippen LogP contribution in [0.3, 0.4) is 0 Å². The molecule has 0 unspecified atom stereocenters. The van der Waals surface area contributed by atoms with Crippen molar-refractivity contribution < 1.29 is 58.1 Å². The van der Waals surface area contributed by atoms with E-state index in [1.165, 1.54) is 0 Å². The lowest BCUT2D eigenvalue weighted by atomic mass is 10.0. The number of rotatable bonds is 3. The fourth-order valence-electron chi connectivity index (χ4n) is 1.19. The van der Waals surface area contributed by atoms with Gasteiger partial charge in [-0.3, -0.25) is 0 Å². The lowest BCUT2D eigenvalue weighted by molar-refractivity contribution is -1.32. The van der Waals surface area contributed by atoms with Gasteiger partial charge in [-0.15, -0.1) is 8.78 Å². The van der Waals surface area contributed by atoms with Crippen LogP contribution in [0.2, 0.25) is 0 Å². The Bertz CT molecular complexity index is 545. The predicted molar refractivity (Wildman–Crippen MR) is 38.7 cm³/mol. The molecule has 0 radical (unpaired) electrons. The third kappa shape index (κ3) is 2.28. The zero-order chi connectivity index (χ0) is 17.0. The summed E-state index contributed by atoms with van der Waals surface area (Å²) >= 11 is 0. The molecule has 0 saturated heterocycles. The van der Waals surface area contributed by atoms with Gasteiger partial charge >= 0.3 is 17.1 Å². The maximum atomic E-state index is 13.0. The standard InChI is InChI=1S/C8F12N/c9-2-1(3(10)5(12)6(13)4(2)11)7(14,15)8(16,17)21(18,19)20/q+1. The molecule has 1 rings (SSSR count). The predicted octanol–water partition coefficient (Wildman–Crippen LogP) is 4.54. The third-order valence-electron chi connectivity index (χ3n) is 2.22. The van der Waals surface area contributed by atoms with Crippen LogP contribution >= 0.6 is 0 Å². The fourth-order valence-corrected chi connectivity index (χ4v) is 1.19. The Balaban J connectivity index is 3.76. The highest BCUT2D eigenvalue weighted by atomic mass is 19.6. The van der Waals surface area contributed by atoms with Gasteiger partial charge < -0.3 is 0 Å². The Morgan fingerprint density at radius 1 is 0.571 bits per heavy atom. The molecule has 0 fully saturated rings. The van der Waals surface area contributed by atoms with Crippen molar-refractivity contribution in [3.05, 3.63) is 34.6 Å². The van der Waals surface area contributed by atoms with Crippen LogP contribution in [0.4, 0.5) is 53.0 Å². The number of hydrogen-bond donors (Lipinski definition) is 0. The molecule has 1 nitrogen and oxygen atoms in total. The third-order valence-corrected chi connectivity index (χ3v) is 2.22. The van der Waals surface area contributed by atoms with Gasteiger partial charge in [0.2, 0.25) is 5.82 Å². The number of benzene rings is 1. The van der Waals surface area contributed by atoms with E-state index in [0.29, 0.717) is 0 Å². The SMILES string of the molecule is Fc1c(F)c(F)c(C(F)(F)C(F)(F)[N+](F)(F)F)c(F)c1F. The molecule has 13 heteroatoms. The van der Waals surface area contributed by atoms with Gasteiger partial charge in [0.1, 0.15) is 5.56 Å². The molecule has 0 heterocycles. The molecule has 0 saturated carbocycles. The van der Waals surface area contributed by atoms with Gasteiger partial charge in [0.15, 0.2) is 23.3 Å². The van der Waals surface area contributed by atoms with E-state index in [1.54, 1.807) is 0 Å². The number of hydrogen-bond acceptors (Lipinski definition) is 0. The van der Waals surface area contributed by atoms with Crippen molar-refractivity contribution in [2.24, 2.45) is 0 Å². The Kier molecular flexibility index (Phi) is 3.87. The zero-order valence-electron chi connectivity index (χ0n) is 8.98. The summed E-state index contributed by atoms with van der Waals surface area (Å²) in [7, 11) is 0. The van der Waals surface area contributed by atoms with Crippen LogP contribution in [0, 0.1) is 29.1 Å². The van der Waals surface area contributed by atoms with Crippen molar-refractivity contribution in [1.29, 1.82) is 0 Å². The first kappa shape index (κ1) is 17.4. The minimum Gasteiger partial charge on any atom is -0.203 e. The summed E-state index contributed by atoms with van der Waals surface area (Å²) in [6.45, 7) is 0. The van der Waals surface area contributed by atoms with Gasteiger partial charge in [-0.05, 0) is 0 Å². The van der Waals surface area contributed by atoms with Gasteiger partial charge in [-0.25, -0.2) is 22.0 Å². The highest BCUT2D eigenvalue weighted by Gasteiger charge is 2.81. The van der Waals surface area contributed by atoms with E-state index in [1.807, 2.05) is 0 Å². The van der Waals surface area contributed by atoms with E-state index in [-0.39, 0.29) is 0 Å². The molecule has 120 valence electrons. The second-order valence-electron chi connectivity index (χ2n) is 3.51. The van der Waals surface area contributed by atoms with E-state index in [9.17, 15) is 53.0 Å². The molecule has 0 atom stereocenters. The van der Waals surface area contributed by atoms with E-state index in [2.05, 4.69) is 0 Å². The van der Waals surface area contributed by atoms with Crippen molar-refractivity contribution in [3.63, 3.8) is 0 Å². The summed E-state index contributed by atoms with van der Waals surface area (Å²) in [4.78, 5) is 0. The molecular formula is C8F12N+. The van der Waals surface area contributed by atoms with Crippen molar-refractivity contribution in [3.8, 4) is 0 Å². The van der Waals surface area contributed by atoms with Crippen molar-refractivity contribution in [2.75, 3.05) is 0 Å². The molecule has 0 aliphatic carbocycles. The highest BCUT2D eigenvalue weighted by molar-refractivity contribution is 5.29. The minimum absolute atomic E-state index is 2.99. The second-order valence-corrected chi connectivity index (χ2v) is 3.51. The van der Waals surface area contributed by atoms with Gasteiger partial charge in [-0.1, -0.05) is 0 Å². The van der Waals surface area contributed by atoms with Crippen LogP contribution in [0.25, 0.3) is 0 Å². The molecule has 0 aromatic heterocycles. The first-order valence-corrected chi connectivity index (χ1v) is 4.43. The topological polar surface area (TPSA) is 0 Å². The molecule has 0 aliphatic heterocycles. The lowest BCUT2D eigenvalue weighted by Crippen LogP contribution is -2.53. The lowest BCUT2D eigenvalue weighted by Gasteiger charge is -2.23. The Morgan fingerprint density at radius 3 is 1.14 bits per heavy atom. The monoisotopic (exact) mass is 338 g/mol. The number of quaternary nitrogens is 1. The summed E-state index contributed by atoms with van der Waals surface area (Å²) in [5, 5.41) is -6.31. The summed E-state index contributed by atoms with van der Waals surface area (Å²) in [6, 6.07) is -7.13. The van der Waals surface area contributed by atoms with Crippen LogP contribution in [0.5, 0.6) is 0 Å². The quantitative estimate of drug-likeness (QED) is 0.250. The van der Waals surface area contributed by atoms with E-state index >= 15 is 0 Å². The average molecular weight is 338 g/mol. The smallest absolute Gasteiger partial charge is 0.203 e. The van der Waals surface area contributed by atoms with Gasteiger partial charge in [-0.2, -0.15) is 8.78 Å². The minimum atomic E-state index is -7.13. The largest absolute Gasteiger partial charge is 0.574 e. The highest BCUT2D eigenvalue weighted by Crippen LogP contribution is 2.51. The van der Waals surface area contributed by atoms with Crippen molar-refractivity contribution in [2.45, 2.75) is 12.0 Å². The van der Waals surface area contributed by atoms with Gasteiger partial charge in [0.25, 0.3) is 0 Å². The summed E-state index contributed by atoms with van der Waals surface area (Å²) < 4.78 is 150. The molecular weight excluding hydrogens is 338 g/mol. The Morgan fingerprint density at radius 2 is 0.857 bits per heavy atom. The Labute approximate surface area is 106 Å². The molecule has 0 bridgehead atoms. The zero-order valence-corrected chi connectivity index (χ0v) is 8.98. The van der Waals surface area contributed by atoms with Crippen molar-refractivity contribution >= 4 is 0 Å². The van der Waals surface area contributed by atoms with Crippen LogP contribution in [-0.4, -0.2) is 11.2 Å². The molecule has 1 aromatic carbocycles.